The Labute approximate surface area is 89.3 Å². The molecule has 0 heterocycles. The second-order valence-electron chi connectivity index (χ2n) is 3.84. The Morgan fingerprint density at radius 3 is 2.67 bits per heavy atom. The molecule has 0 unspecified atom stereocenters. The molecule has 0 aliphatic carbocycles. The third-order valence-corrected chi connectivity index (χ3v) is 2.08. The minimum absolute atomic E-state index is 0.124. The molecule has 0 aromatic heterocycles. The second kappa shape index (κ2) is 4.61. The lowest BCUT2D eigenvalue weighted by atomic mass is 10.00. The Bertz CT molecular complexity index is 416. The van der Waals surface area contributed by atoms with Crippen LogP contribution in [0.25, 0.3) is 0 Å². The Balaban J connectivity index is 3.16. The molecule has 3 nitrogen and oxygen atoms in total. The number of nitrogens with zero attached hydrogens (tertiary/aromatic N) is 1. The molecule has 0 spiro atoms. The van der Waals surface area contributed by atoms with E-state index in [0.717, 1.165) is 5.56 Å². The summed E-state index contributed by atoms with van der Waals surface area (Å²) in [6, 6.07) is 4.94. The molecule has 15 heavy (non-hydrogen) atoms. The summed E-state index contributed by atoms with van der Waals surface area (Å²) < 4.78 is 0. The molecule has 0 saturated carbocycles. The van der Waals surface area contributed by atoms with Gasteiger partial charge in [-0.3, -0.25) is 10.1 Å². The van der Waals surface area contributed by atoms with E-state index in [0.29, 0.717) is 17.9 Å². The quantitative estimate of drug-likeness (QED) is 0.430. The number of hydrogen-bond donors (Lipinski definition) is 0. The predicted molar refractivity (Wildman–Crippen MR) is 59.6 cm³/mol. The van der Waals surface area contributed by atoms with Gasteiger partial charge in [-0.15, -0.1) is 6.42 Å². The lowest BCUT2D eigenvalue weighted by Crippen LogP contribution is -2.00. The van der Waals surface area contributed by atoms with Crippen LogP contribution < -0.4 is 0 Å². The van der Waals surface area contributed by atoms with Gasteiger partial charge in [0.2, 0.25) is 0 Å². The van der Waals surface area contributed by atoms with Crippen molar-refractivity contribution in [3.8, 4) is 12.3 Å². The standard InChI is InChI=1S/C12H13NO2/c1-4-10-5-6-11(7-9(2)3)12(8-10)13(14)15/h1,5-6,8-9H,7H2,2-3H3. The molecule has 0 fully saturated rings. The van der Waals surface area contributed by atoms with E-state index in [1.165, 1.54) is 6.07 Å². The molecule has 0 aliphatic heterocycles. The van der Waals surface area contributed by atoms with E-state index < -0.39 is 0 Å². The molecular formula is C12H13NO2. The van der Waals surface area contributed by atoms with E-state index in [4.69, 9.17) is 6.42 Å². The summed E-state index contributed by atoms with van der Waals surface area (Å²) in [7, 11) is 0. The van der Waals surface area contributed by atoms with E-state index in [-0.39, 0.29) is 10.6 Å². The van der Waals surface area contributed by atoms with Crippen LogP contribution in [0.1, 0.15) is 25.0 Å². The molecule has 0 radical (unpaired) electrons. The summed E-state index contributed by atoms with van der Waals surface area (Å²) in [5, 5.41) is 10.8. The van der Waals surface area contributed by atoms with Crippen LogP contribution in [0.4, 0.5) is 5.69 Å². The number of hydrogen-bond acceptors (Lipinski definition) is 2. The molecule has 1 rings (SSSR count). The van der Waals surface area contributed by atoms with Gasteiger partial charge in [0.1, 0.15) is 0 Å². The van der Waals surface area contributed by atoms with Crippen molar-refractivity contribution in [2.24, 2.45) is 5.92 Å². The van der Waals surface area contributed by atoms with Crippen molar-refractivity contribution >= 4 is 5.69 Å². The average Bonchev–Trinajstić information content (AvgIpc) is 2.17. The van der Waals surface area contributed by atoms with Gasteiger partial charge < -0.3 is 0 Å². The van der Waals surface area contributed by atoms with Crippen molar-refractivity contribution in [2.75, 3.05) is 0 Å². The normalized spacial score (nSPS) is 10.0. The van der Waals surface area contributed by atoms with Crippen LogP contribution in [0.5, 0.6) is 0 Å². The van der Waals surface area contributed by atoms with Gasteiger partial charge in [0.15, 0.2) is 0 Å². The molecule has 0 bridgehead atoms. The first kappa shape index (κ1) is 11.3. The number of terminal acetylenes is 1. The van der Waals surface area contributed by atoms with Gasteiger partial charge in [0, 0.05) is 17.2 Å². The molecule has 0 atom stereocenters. The highest BCUT2D eigenvalue weighted by molar-refractivity contribution is 5.48. The van der Waals surface area contributed by atoms with Crippen LogP contribution in [0.3, 0.4) is 0 Å². The summed E-state index contributed by atoms with van der Waals surface area (Å²) in [6.07, 6.45) is 5.89. The summed E-state index contributed by atoms with van der Waals surface area (Å²) in [6.45, 7) is 4.05. The van der Waals surface area contributed by atoms with Gasteiger partial charge >= 0.3 is 0 Å². The maximum atomic E-state index is 10.8. The van der Waals surface area contributed by atoms with E-state index in [9.17, 15) is 10.1 Å². The Hall–Kier alpha value is -1.82. The summed E-state index contributed by atoms with van der Waals surface area (Å²) in [5.41, 5.74) is 1.42. The maximum absolute atomic E-state index is 10.8. The molecule has 3 heteroatoms. The Kier molecular flexibility index (Phi) is 3.46. The van der Waals surface area contributed by atoms with Crippen molar-refractivity contribution in [1.82, 2.24) is 0 Å². The summed E-state index contributed by atoms with van der Waals surface area (Å²) in [4.78, 5) is 10.4. The topological polar surface area (TPSA) is 43.1 Å². The predicted octanol–water partition coefficient (Wildman–Crippen LogP) is 2.77. The highest BCUT2D eigenvalue weighted by Gasteiger charge is 2.14. The number of nitro benzene ring substituents is 1. The zero-order valence-corrected chi connectivity index (χ0v) is 8.86. The van der Waals surface area contributed by atoms with Crippen molar-refractivity contribution < 1.29 is 4.92 Å². The fourth-order valence-corrected chi connectivity index (χ4v) is 1.44. The molecule has 0 amide bonds. The lowest BCUT2D eigenvalue weighted by Gasteiger charge is -2.05. The zero-order chi connectivity index (χ0) is 11.4. The van der Waals surface area contributed by atoms with E-state index in [1.807, 2.05) is 13.8 Å². The Morgan fingerprint density at radius 1 is 1.53 bits per heavy atom. The zero-order valence-electron chi connectivity index (χ0n) is 8.86. The summed E-state index contributed by atoms with van der Waals surface area (Å²) in [5.74, 6) is 2.79. The van der Waals surface area contributed by atoms with Crippen LogP contribution in [0.15, 0.2) is 18.2 Å². The highest BCUT2D eigenvalue weighted by atomic mass is 16.6. The largest absolute Gasteiger partial charge is 0.273 e. The van der Waals surface area contributed by atoms with Crippen LogP contribution in [-0.4, -0.2) is 4.92 Å². The fourth-order valence-electron chi connectivity index (χ4n) is 1.44. The number of benzene rings is 1. The van der Waals surface area contributed by atoms with Crippen LogP contribution in [0, 0.1) is 28.4 Å². The molecule has 0 aliphatic rings. The van der Waals surface area contributed by atoms with Crippen molar-refractivity contribution in [3.63, 3.8) is 0 Å². The van der Waals surface area contributed by atoms with E-state index in [1.54, 1.807) is 12.1 Å². The number of rotatable bonds is 3. The molecule has 1 aromatic rings. The van der Waals surface area contributed by atoms with Gasteiger partial charge in [-0.25, -0.2) is 0 Å². The first-order chi connectivity index (χ1) is 7.04. The third kappa shape index (κ3) is 2.81. The van der Waals surface area contributed by atoms with Gasteiger partial charge in [-0.2, -0.15) is 0 Å². The highest BCUT2D eigenvalue weighted by Crippen LogP contribution is 2.22. The van der Waals surface area contributed by atoms with Crippen molar-refractivity contribution in [3.05, 3.63) is 39.4 Å². The summed E-state index contributed by atoms with van der Waals surface area (Å²) >= 11 is 0. The molecule has 0 N–H and O–H groups in total. The van der Waals surface area contributed by atoms with Crippen LogP contribution >= 0.6 is 0 Å². The fraction of sp³-hybridized carbons (Fsp3) is 0.333. The van der Waals surface area contributed by atoms with Gasteiger partial charge in [0.05, 0.1) is 4.92 Å². The first-order valence-electron chi connectivity index (χ1n) is 4.78. The van der Waals surface area contributed by atoms with Gasteiger partial charge in [-0.1, -0.05) is 25.8 Å². The minimum Gasteiger partial charge on any atom is -0.258 e. The second-order valence-corrected chi connectivity index (χ2v) is 3.84. The molecule has 1 aromatic carbocycles. The molecule has 0 saturated heterocycles. The van der Waals surface area contributed by atoms with Crippen molar-refractivity contribution in [2.45, 2.75) is 20.3 Å². The SMILES string of the molecule is C#Cc1ccc(CC(C)C)c([N+](=O)[O-])c1. The van der Waals surface area contributed by atoms with Gasteiger partial charge in [-0.05, 0) is 18.4 Å². The lowest BCUT2D eigenvalue weighted by molar-refractivity contribution is -0.385. The minimum atomic E-state index is -0.376. The van der Waals surface area contributed by atoms with E-state index >= 15 is 0 Å². The van der Waals surface area contributed by atoms with Gasteiger partial charge in [0.25, 0.3) is 5.69 Å². The van der Waals surface area contributed by atoms with Crippen LogP contribution in [-0.2, 0) is 6.42 Å². The maximum Gasteiger partial charge on any atom is 0.273 e. The third-order valence-electron chi connectivity index (χ3n) is 2.08. The smallest absolute Gasteiger partial charge is 0.258 e. The average molecular weight is 203 g/mol. The Morgan fingerprint density at radius 2 is 2.20 bits per heavy atom. The first-order valence-corrected chi connectivity index (χ1v) is 4.78. The molecular weight excluding hydrogens is 190 g/mol. The monoisotopic (exact) mass is 203 g/mol. The van der Waals surface area contributed by atoms with Crippen molar-refractivity contribution in [1.29, 1.82) is 0 Å². The molecule has 78 valence electrons. The number of nitro groups is 1. The van der Waals surface area contributed by atoms with E-state index in [2.05, 4.69) is 5.92 Å². The van der Waals surface area contributed by atoms with Crippen LogP contribution in [0.2, 0.25) is 0 Å².